The maximum absolute atomic E-state index is 6.02. The molecular formula is C14H17ClN2O. The van der Waals surface area contributed by atoms with Crippen molar-refractivity contribution < 1.29 is 4.52 Å². The van der Waals surface area contributed by atoms with Gasteiger partial charge in [-0.3, -0.25) is 0 Å². The summed E-state index contributed by atoms with van der Waals surface area (Å²) in [5.41, 5.74) is 8.63. The molecule has 0 aliphatic carbocycles. The van der Waals surface area contributed by atoms with Gasteiger partial charge in [0.15, 0.2) is 0 Å². The van der Waals surface area contributed by atoms with E-state index in [4.69, 9.17) is 21.9 Å². The number of hydrogen-bond donors (Lipinski definition) is 1. The Balaban J connectivity index is 2.47. The fraction of sp³-hybridized carbons (Fsp3) is 0.357. The third-order valence-corrected chi connectivity index (χ3v) is 3.28. The first kappa shape index (κ1) is 13.0. The number of hydrogen-bond acceptors (Lipinski definition) is 3. The fourth-order valence-electron chi connectivity index (χ4n) is 2.16. The van der Waals surface area contributed by atoms with Crippen molar-refractivity contribution in [3.63, 3.8) is 0 Å². The standard InChI is InChI=1S/C14H17ClN2O/c1-3-5-9(2)13-12(14(16)18-17-13)10-6-4-7-11(15)8-10/h4,6-9H,3,5,16H2,1-2H3. The Kier molecular flexibility index (Phi) is 3.92. The molecule has 3 nitrogen and oxygen atoms in total. The fourth-order valence-corrected chi connectivity index (χ4v) is 2.35. The van der Waals surface area contributed by atoms with E-state index in [1.165, 1.54) is 0 Å². The number of anilines is 1. The molecule has 18 heavy (non-hydrogen) atoms. The zero-order valence-electron chi connectivity index (χ0n) is 10.6. The lowest BCUT2D eigenvalue weighted by molar-refractivity contribution is 0.419. The Morgan fingerprint density at radius 2 is 2.22 bits per heavy atom. The molecule has 0 bridgehead atoms. The van der Waals surface area contributed by atoms with Crippen LogP contribution in [0.2, 0.25) is 5.02 Å². The summed E-state index contributed by atoms with van der Waals surface area (Å²) in [5, 5.41) is 4.78. The largest absolute Gasteiger partial charge is 0.367 e. The van der Waals surface area contributed by atoms with Gasteiger partial charge in [0.05, 0.1) is 11.3 Å². The van der Waals surface area contributed by atoms with E-state index in [1.807, 2.05) is 24.3 Å². The maximum atomic E-state index is 6.02. The molecule has 2 aromatic rings. The van der Waals surface area contributed by atoms with Crippen LogP contribution in [0.25, 0.3) is 11.1 Å². The van der Waals surface area contributed by atoms with Gasteiger partial charge in [0, 0.05) is 10.9 Å². The van der Waals surface area contributed by atoms with Crippen molar-refractivity contribution in [2.75, 3.05) is 5.73 Å². The van der Waals surface area contributed by atoms with Crippen molar-refractivity contribution in [3.8, 4) is 11.1 Å². The second kappa shape index (κ2) is 5.44. The van der Waals surface area contributed by atoms with E-state index in [2.05, 4.69) is 19.0 Å². The lowest BCUT2D eigenvalue weighted by Crippen LogP contribution is -1.97. The Hall–Kier alpha value is -1.48. The lowest BCUT2D eigenvalue weighted by atomic mass is 9.95. The molecule has 0 aliphatic heterocycles. The smallest absolute Gasteiger partial charge is 0.230 e. The molecule has 1 unspecified atom stereocenters. The number of rotatable bonds is 4. The van der Waals surface area contributed by atoms with Crippen LogP contribution in [0.15, 0.2) is 28.8 Å². The summed E-state index contributed by atoms with van der Waals surface area (Å²) in [5.74, 6) is 0.681. The Labute approximate surface area is 112 Å². The molecule has 2 N–H and O–H groups in total. The van der Waals surface area contributed by atoms with Gasteiger partial charge in [-0.25, -0.2) is 0 Å². The maximum Gasteiger partial charge on any atom is 0.230 e. The Morgan fingerprint density at radius 3 is 2.89 bits per heavy atom. The van der Waals surface area contributed by atoms with Gasteiger partial charge in [-0.15, -0.1) is 0 Å². The normalized spacial score (nSPS) is 12.6. The van der Waals surface area contributed by atoms with Crippen molar-refractivity contribution in [1.82, 2.24) is 5.16 Å². The van der Waals surface area contributed by atoms with E-state index in [9.17, 15) is 0 Å². The molecular weight excluding hydrogens is 248 g/mol. The highest BCUT2D eigenvalue weighted by Crippen LogP contribution is 2.36. The highest BCUT2D eigenvalue weighted by molar-refractivity contribution is 6.30. The van der Waals surface area contributed by atoms with Crippen LogP contribution in [0.3, 0.4) is 0 Å². The van der Waals surface area contributed by atoms with E-state index >= 15 is 0 Å². The molecule has 0 spiro atoms. The van der Waals surface area contributed by atoms with Gasteiger partial charge < -0.3 is 10.3 Å². The highest BCUT2D eigenvalue weighted by atomic mass is 35.5. The highest BCUT2D eigenvalue weighted by Gasteiger charge is 2.20. The van der Waals surface area contributed by atoms with E-state index in [0.29, 0.717) is 16.8 Å². The SMILES string of the molecule is CCCC(C)c1noc(N)c1-c1cccc(Cl)c1. The molecule has 0 amide bonds. The first-order valence-corrected chi connectivity index (χ1v) is 6.52. The predicted molar refractivity (Wildman–Crippen MR) is 74.7 cm³/mol. The number of halogens is 1. The number of nitrogen functional groups attached to an aromatic ring is 1. The zero-order valence-corrected chi connectivity index (χ0v) is 11.4. The third kappa shape index (κ3) is 2.51. The molecule has 96 valence electrons. The quantitative estimate of drug-likeness (QED) is 0.886. The van der Waals surface area contributed by atoms with Crippen LogP contribution in [0.4, 0.5) is 5.88 Å². The first-order valence-electron chi connectivity index (χ1n) is 6.14. The van der Waals surface area contributed by atoms with Gasteiger partial charge in [0.2, 0.25) is 5.88 Å². The van der Waals surface area contributed by atoms with Crippen LogP contribution in [0.5, 0.6) is 0 Å². The van der Waals surface area contributed by atoms with Crippen LogP contribution < -0.4 is 5.73 Å². The summed E-state index contributed by atoms with van der Waals surface area (Å²) in [6.45, 7) is 4.29. The predicted octanol–water partition coefficient (Wildman–Crippen LogP) is 4.48. The van der Waals surface area contributed by atoms with E-state index in [1.54, 1.807) is 0 Å². The molecule has 1 atom stereocenters. The number of nitrogens with two attached hydrogens (primary N) is 1. The van der Waals surface area contributed by atoms with E-state index in [-0.39, 0.29) is 0 Å². The van der Waals surface area contributed by atoms with Crippen molar-refractivity contribution in [3.05, 3.63) is 35.0 Å². The summed E-state index contributed by atoms with van der Waals surface area (Å²) < 4.78 is 5.14. The minimum atomic E-state index is 0.324. The Bertz CT molecular complexity index is 536. The molecule has 0 fully saturated rings. The van der Waals surface area contributed by atoms with Gasteiger partial charge in [-0.1, -0.05) is 49.2 Å². The van der Waals surface area contributed by atoms with Gasteiger partial charge in [-0.05, 0) is 24.1 Å². The number of benzene rings is 1. The molecule has 0 saturated heterocycles. The van der Waals surface area contributed by atoms with Crippen molar-refractivity contribution in [2.24, 2.45) is 0 Å². The number of aromatic nitrogens is 1. The number of nitrogens with zero attached hydrogens (tertiary/aromatic N) is 1. The molecule has 1 aromatic carbocycles. The van der Waals surface area contributed by atoms with E-state index < -0.39 is 0 Å². The average Bonchev–Trinajstić information content (AvgIpc) is 2.71. The second-order valence-corrected chi connectivity index (χ2v) is 4.94. The van der Waals surface area contributed by atoms with Crippen LogP contribution >= 0.6 is 11.6 Å². The van der Waals surface area contributed by atoms with Crippen molar-refractivity contribution in [2.45, 2.75) is 32.6 Å². The summed E-state index contributed by atoms with van der Waals surface area (Å²) in [7, 11) is 0. The molecule has 0 aliphatic rings. The van der Waals surface area contributed by atoms with Crippen LogP contribution in [0.1, 0.15) is 38.3 Å². The first-order chi connectivity index (χ1) is 8.63. The molecule has 2 rings (SSSR count). The van der Waals surface area contributed by atoms with Gasteiger partial charge >= 0.3 is 0 Å². The van der Waals surface area contributed by atoms with Gasteiger partial charge in [0.25, 0.3) is 0 Å². The summed E-state index contributed by atoms with van der Waals surface area (Å²) in [4.78, 5) is 0. The minimum Gasteiger partial charge on any atom is -0.367 e. The van der Waals surface area contributed by atoms with Gasteiger partial charge in [-0.2, -0.15) is 0 Å². The van der Waals surface area contributed by atoms with Crippen LogP contribution in [0, 0.1) is 0 Å². The third-order valence-electron chi connectivity index (χ3n) is 3.05. The topological polar surface area (TPSA) is 52.0 Å². The summed E-state index contributed by atoms with van der Waals surface area (Å²) >= 11 is 6.02. The van der Waals surface area contributed by atoms with Gasteiger partial charge in [0.1, 0.15) is 0 Å². The average molecular weight is 265 g/mol. The van der Waals surface area contributed by atoms with Crippen molar-refractivity contribution >= 4 is 17.5 Å². The molecule has 1 heterocycles. The summed E-state index contributed by atoms with van der Waals surface area (Å²) in [6.07, 6.45) is 2.16. The molecule has 1 aromatic heterocycles. The van der Waals surface area contributed by atoms with Crippen LogP contribution in [-0.4, -0.2) is 5.16 Å². The lowest BCUT2D eigenvalue weighted by Gasteiger charge is -2.09. The molecule has 4 heteroatoms. The van der Waals surface area contributed by atoms with Crippen LogP contribution in [-0.2, 0) is 0 Å². The Morgan fingerprint density at radius 1 is 1.44 bits per heavy atom. The zero-order chi connectivity index (χ0) is 13.1. The van der Waals surface area contributed by atoms with E-state index in [0.717, 1.165) is 29.7 Å². The van der Waals surface area contributed by atoms with Crippen molar-refractivity contribution in [1.29, 1.82) is 0 Å². The molecule has 0 saturated carbocycles. The molecule has 0 radical (unpaired) electrons. The second-order valence-electron chi connectivity index (χ2n) is 4.51. The minimum absolute atomic E-state index is 0.324. The monoisotopic (exact) mass is 264 g/mol. The summed E-state index contributed by atoms with van der Waals surface area (Å²) in [6, 6.07) is 7.59.